The van der Waals surface area contributed by atoms with Gasteiger partial charge >= 0.3 is 6.03 Å². The highest BCUT2D eigenvalue weighted by atomic mass is 32.1. The van der Waals surface area contributed by atoms with Gasteiger partial charge in [0.15, 0.2) is 5.01 Å². The summed E-state index contributed by atoms with van der Waals surface area (Å²) in [5, 5.41) is 31.6. The molecule has 4 aromatic rings. The number of nitrogens with one attached hydrogen (secondary N) is 2. The zero-order valence-corrected chi connectivity index (χ0v) is 25.3. The number of anilines is 2. The monoisotopic (exact) mass is 596 g/mol. The lowest BCUT2D eigenvalue weighted by molar-refractivity contribution is 0.173. The Morgan fingerprint density at radius 2 is 1.86 bits per heavy atom. The number of nitrogens with zero attached hydrogens (tertiary/aromatic N) is 8. The Bertz CT molecular complexity index is 1670. The molecule has 2 N–H and O–H groups in total. The minimum atomic E-state index is 0.116. The molecule has 0 aromatic carbocycles. The van der Waals surface area contributed by atoms with Crippen molar-refractivity contribution in [3.8, 4) is 28.0 Å². The molecule has 4 aromatic heterocycles. The molecule has 1 unspecified atom stereocenters. The van der Waals surface area contributed by atoms with Gasteiger partial charge in [0.05, 0.1) is 34.2 Å². The lowest BCUT2D eigenvalue weighted by Crippen LogP contribution is -2.55. The second kappa shape index (κ2) is 11.4. The van der Waals surface area contributed by atoms with Crippen molar-refractivity contribution in [1.82, 2.24) is 35.0 Å². The summed E-state index contributed by atoms with van der Waals surface area (Å²) < 4.78 is 1.80. The first-order valence-corrected chi connectivity index (χ1v) is 16.1. The summed E-state index contributed by atoms with van der Waals surface area (Å²) in [6.45, 7) is 7.73. The van der Waals surface area contributed by atoms with Crippen molar-refractivity contribution in [3.05, 3.63) is 42.2 Å². The summed E-state index contributed by atoms with van der Waals surface area (Å²) in [5.74, 6) is 0.849. The van der Waals surface area contributed by atoms with Crippen LogP contribution in [0.25, 0.3) is 27.5 Å². The van der Waals surface area contributed by atoms with Gasteiger partial charge in [-0.25, -0.2) is 9.31 Å². The van der Waals surface area contributed by atoms with E-state index in [1.54, 1.807) is 22.0 Å². The van der Waals surface area contributed by atoms with E-state index in [0.717, 1.165) is 90.2 Å². The van der Waals surface area contributed by atoms with E-state index in [2.05, 4.69) is 50.7 Å². The van der Waals surface area contributed by atoms with Gasteiger partial charge < -0.3 is 20.4 Å². The maximum atomic E-state index is 12.9. The topological polar surface area (TPSA) is 127 Å². The second-order valence-corrected chi connectivity index (χ2v) is 13.2. The molecule has 43 heavy (non-hydrogen) atoms. The summed E-state index contributed by atoms with van der Waals surface area (Å²) in [6, 6.07) is 10.5. The van der Waals surface area contributed by atoms with E-state index < -0.39 is 0 Å². The molecule has 1 saturated carbocycles. The first-order chi connectivity index (χ1) is 21.0. The molecule has 0 radical (unpaired) electrons. The van der Waals surface area contributed by atoms with E-state index in [-0.39, 0.29) is 18.1 Å². The van der Waals surface area contributed by atoms with Crippen LogP contribution < -0.4 is 15.5 Å². The van der Waals surface area contributed by atoms with Crippen molar-refractivity contribution >= 4 is 33.7 Å². The van der Waals surface area contributed by atoms with E-state index in [4.69, 9.17) is 4.98 Å². The average molecular weight is 597 g/mol. The van der Waals surface area contributed by atoms with Gasteiger partial charge in [-0.1, -0.05) is 11.3 Å². The lowest BCUT2D eigenvalue weighted by Gasteiger charge is -2.39. The van der Waals surface area contributed by atoms with E-state index in [1.807, 2.05) is 35.4 Å². The number of fused-ring (bicyclic) bond motifs is 3. The van der Waals surface area contributed by atoms with Crippen molar-refractivity contribution in [2.45, 2.75) is 58.0 Å². The largest absolute Gasteiger partial charge is 0.382 e. The third-order valence-corrected chi connectivity index (χ3v) is 9.94. The van der Waals surface area contributed by atoms with Crippen LogP contribution in [-0.2, 0) is 0 Å². The normalized spacial score (nSPS) is 21.8. The first kappa shape index (κ1) is 27.6. The number of pyridine rings is 1. The number of likely N-dealkylation sites (tertiary alicyclic amines) is 1. The summed E-state index contributed by atoms with van der Waals surface area (Å²) in [5.41, 5.74) is 4.84. The van der Waals surface area contributed by atoms with Crippen molar-refractivity contribution in [3.63, 3.8) is 0 Å². The number of hydrogen-bond acceptors (Lipinski definition) is 9. The molecule has 2 amide bonds. The maximum absolute atomic E-state index is 12.9. The van der Waals surface area contributed by atoms with Gasteiger partial charge in [-0.05, 0) is 82.1 Å². The molecule has 12 heteroatoms. The molecule has 222 valence electrons. The van der Waals surface area contributed by atoms with Crippen LogP contribution in [0.15, 0.2) is 36.7 Å². The smallest absolute Gasteiger partial charge is 0.317 e. The predicted octanol–water partition coefficient (Wildman–Crippen LogP) is 5.02. The molecule has 2 bridgehead atoms. The van der Waals surface area contributed by atoms with Gasteiger partial charge in [-0.2, -0.15) is 10.4 Å². The molecule has 6 heterocycles. The molecular formula is C31H36N10OS. The van der Waals surface area contributed by atoms with Gasteiger partial charge in [0.25, 0.3) is 0 Å². The number of nitriles is 1. The Morgan fingerprint density at radius 1 is 1.07 bits per heavy atom. The van der Waals surface area contributed by atoms with E-state index in [9.17, 15) is 10.1 Å². The Balaban J connectivity index is 1.10. The predicted molar refractivity (Wildman–Crippen MR) is 167 cm³/mol. The molecule has 1 aliphatic carbocycles. The van der Waals surface area contributed by atoms with Crippen LogP contribution in [-0.4, -0.2) is 74.0 Å². The van der Waals surface area contributed by atoms with E-state index >= 15 is 0 Å². The highest BCUT2D eigenvalue weighted by molar-refractivity contribution is 7.18. The van der Waals surface area contributed by atoms with Gasteiger partial charge in [-0.3, -0.25) is 4.98 Å². The van der Waals surface area contributed by atoms with Gasteiger partial charge in [0, 0.05) is 50.1 Å². The third-order valence-electron chi connectivity index (χ3n) is 8.92. The van der Waals surface area contributed by atoms with Gasteiger partial charge in [0.1, 0.15) is 6.07 Å². The van der Waals surface area contributed by atoms with Crippen LogP contribution in [0.2, 0.25) is 0 Å². The summed E-state index contributed by atoms with van der Waals surface area (Å²) >= 11 is 1.59. The molecular weight excluding hydrogens is 560 g/mol. The van der Waals surface area contributed by atoms with Crippen LogP contribution in [0, 0.1) is 23.2 Å². The van der Waals surface area contributed by atoms with E-state index in [0.29, 0.717) is 17.4 Å². The van der Waals surface area contributed by atoms with Crippen LogP contribution >= 0.6 is 11.3 Å². The van der Waals surface area contributed by atoms with Crippen LogP contribution in [0.1, 0.15) is 51.5 Å². The summed E-state index contributed by atoms with van der Waals surface area (Å²) in [4.78, 5) is 22.1. The molecule has 3 aliphatic rings. The van der Waals surface area contributed by atoms with Crippen molar-refractivity contribution in [2.75, 3.05) is 36.4 Å². The van der Waals surface area contributed by atoms with E-state index in [1.165, 1.54) is 6.42 Å². The summed E-state index contributed by atoms with van der Waals surface area (Å²) in [6.07, 6.45) is 9.13. The van der Waals surface area contributed by atoms with Crippen LogP contribution in [0.5, 0.6) is 0 Å². The fraction of sp³-hybridized carbons (Fsp3) is 0.484. The van der Waals surface area contributed by atoms with Crippen molar-refractivity contribution in [2.24, 2.45) is 11.8 Å². The minimum absolute atomic E-state index is 0.116. The fourth-order valence-electron chi connectivity index (χ4n) is 6.85. The molecule has 0 spiro atoms. The number of piperidine rings is 2. The second-order valence-electron chi connectivity index (χ2n) is 12.2. The Morgan fingerprint density at radius 3 is 2.60 bits per heavy atom. The zero-order chi connectivity index (χ0) is 29.5. The molecule has 3 fully saturated rings. The number of aromatic nitrogens is 5. The molecule has 11 nitrogen and oxygen atoms in total. The number of hydrogen-bond donors (Lipinski definition) is 2. The Kier molecular flexibility index (Phi) is 7.34. The van der Waals surface area contributed by atoms with Gasteiger partial charge in [0.2, 0.25) is 5.13 Å². The molecule has 2 saturated heterocycles. The summed E-state index contributed by atoms with van der Waals surface area (Å²) in [7, 11) is 0. The number of carbonyl (C=O) groups excluding carboxylic acids is 1. The molecule has 2 aliphatic heterocycles. The van der Waals surface area contributed by atoms with Crippen LogP contribution in [0.4, 0.5) is 15.6 Å². The van der Waals surface area contributed by atoms with Crippen molar-refractivity contribution in [1.29, 1.82) is 5.26 Å². The number of rotatable bonds is 6. The third kappa shape index (κ3) is 5.38. The fourth-order valence-corrected chi connectivity index (χ4v) is 7.74. The number of carbonyl (C=O) groups is 1. The first-order valence-electron chi connectivity index (χ1n) is 15.3. The standard InChI is InChI=1S/C31H36N10OS/c1-19(2)35-25-13-26(27-9-8-23-12-20(14-32)15-34-41(23)27)33-16-24(25)29-37-38-31(43-29)40-17-21-6-7-22(18-40)28(21)36-30(42)39-10-4-3-5-11-39/h8-9,12-13,15-16,19,21-22,28H,3-7,10-11,17-18H2,1-2H3,(H,33,35)(H,36,42)/t21-,22+,28?. The average Bonchev–Trinajstić information content (AvgIpc) is 3.73. The highest BCUT2D eigenvalue weighted by Gasteiger charge is 2.44. The van der Waals surface area contributed by atoms with Crippen LogP contribution in [0.3, 0.4) is 0 Å². The molecule has 7 rings (SSSR count). The highest BCUT2D eigenvalue weighted by Crippen LogP contribution is 2.41. The van der Waals surface area contributed by atoms with Gasteiger partial charge in [-0.15, -0.1) is 10.2 Å². The number of amides is 2. The Labute approximate surface area is 254 Å². The quantitative estimate of drug-likeness (QED) is 0.318. The SMILES string of the molecule is CC(C)Nc1cc(-c2ccc3cc(C#N)cnn23)ncc1-c1nnc(N2C[C@H]3CC[C@@H](C2)C3NC(=O)N2CCCCC2)s1. The van der Waals surface area contributed by atoms with Crippen molar-refractivity contribution < 1.29 is 4.79 Å². The number of urea groups is 1. The zero-order valence-electron chi connectivity index (χ0n) is 24.5. The Hall–Kier alpha value is -4.24. The maximum Gasteiger partial charge on any atom is 0.317 e. The lowest BCUT2D eigenvalue weighted by atomic mass is 9.92. The minimum Gasteiger partial charge on any atom is -0.382 e. The molecule has 3 atom stereocenters.